The molecule has 1 aliphatic heterocycles. The van der Waals surface area contributed by atoms with E-state index in [1.807, 2.05) is 25.1 Å². The number of nitrogens with zero attached hydrogens (tertiary/aromatic N) is 1. The third-order valence-corrected chi connectivity index (χ3v) is 2.89. The van der Waals surface area contributed by atoms with E-state index in [1.54, 1.807) is 19.0 Å². The average molecular weight is 250 g/mol. The van der Waals surface area contributed by atoms with Crippen LogP contribution in [0, 0.1) is 0 Å². The van der Waals surface area contributed by atoms with E-state index in [2.05, 4.69) is 5.32 Å². The number of amides is 1. The van der Waals surface area contributed by atoms with Gasteiger partial charge in [0.25, 0.3) is 0 Å². The molecule has 0 aliphatic carbocycles. The molecule has 0 bridgehead atoms. The second-order valence-electron chi connectivity index (χ2n) is 4.49. The summed E-state index contributed by atoms with van der Waals surface area (Å²) in [6.45, 7) is 2.69. The SMILES string of the molecule is CC(NCc1cccc2c1OCO2)C(=O)N(C)C. The van der Waals surface area contributed by atoms with Crippen molar-refractivity contribution in [2.24, 2.45) is 0 Å². The van der Waals surface area contributed by atoms with Gasteiger partial charge in [0.05, 0.1) is 6.04 Å². The number of para-hydroxylation sites is 1. The van der Waals surface area contributed by atoms with E-state index in [1.165, 1.54) is 0 Å². The Bertz CT molecular complexity index is 446. The van der Waals surface area contributed by atoms with Crippen LogP contribution >= 0.6 is 0 Å². The smallest absolute Gasteiger partial charge is 0.238 e. The van der Waals surface area contributed by atoms with Gasteiger partial charge in [-0.3, -0.25) is 4.79 Å². The fraction of sp³-hybridized carbons (Fsp3) is 0.462. The molecule has 0 fully saturated rings. The van der Waals surface area contributed by atoms with Gasteiger partial charge in [-0.05, 0) is 13.0 Å². The van der Waals surface area contributed by atoms with Crippen molar-refractivity contribution in [2.75, 3.05) is 20.9 Å². The van der Waals surface area contributed by atoms with E-state index in [0.29, 0.717) is 6.54 Å². The third-order valence-electron chi connectivity index (χ3n) is 2.89. The number of benzene rings is 1. The summed E-state index contributed by atoms with van der Waals surface area (Å²) < 4.78 is 10.7. The molecule has 98 valence electrons. The Morgan fingerprint density at radius 2 is 2.22 bits per heavy atom. The Morgan fingerprint density at radius 3 is 2.94 bits per heavy atom. The van der Waals surface area contributed by atoms with Gasteiger partial charge in [0.1, 0.15) is 0 Å². The van der Waals surface area contributed by atoms with Gasteiger partial charge in [-0.2, -0.15) is 0 Å². The first-order chi connectivity index (χ1) is 8.59. The number of likely N-dealkylation sites (N-methyl/N-ethyl adjacent to an activating group) is 1. The van der Waals surface area contributed by atoms with Crippen LogP contribution in [0.4, 0.5) is 0 Å². The van der Waals surface area contributed by atoms with Crippen LogP contribution in [0.1, 0.15) is 12.5 Å². The van der Waals surface area contributed by atoms with Crippen molar-refractivity contribution in [3.63, 3.8) is 0 Å². The molecule has 0 spiro atoms. The maximum Gasteiger partial charge on any atom is 0.238 e. The van der Waals surface area contributed by atoms with E-state index in [0.717, 1.165) is 17.1 Å². The molecule has 1 aromatic carbocycles. The number of ether oxygens (including phenoxy) is 2. The van der Waals surface area contributed by atoms with Gasteiger partial charge in [0.2, 0.25) is 12.7 Å². The zero-order valence-corrected chi connectivity index (χ0v) is 10.9. The van der Waals surface area contributed by atoms with Crippen LogP contribution in [0.5, 0.6) is 11.5 Å². The van der Waals surface area contributed by atoms with E-state index < -0.39 is 0 Å². The molecule has 0 aromatic heterocycles. The number of hydrogen-bond acceptors (Lipinski definition) is 4. The molecule has 1 unspecified atom stereocenters. The van der Waals surface area contributed by atoms with Crippen LogP contribution in [0.25, 0.3) is 0 Å². The predicted molar refractivity (Wildman–Crippen MR) is 67.6 cm³/mol. The highest BCUT2D eigenvalue weighted by Gasteiger charge is 2.19. The predicted octanol–water partition coefficient (Wildman–Crippen LogP) is 0.982. The molecular weight excluding hydrogens is 232 g/mol. The highest BCUT2D eigenvalue weighted by atomic mass is 16.7. The van der Waals surface area contributed by atoms with E-state index >= 15 is 0 Å². The van der Waals surface area contributed by atoms with Crippen LogP contribution in [-0.2, 0) is 11.3 Å². The molecule has 1 heterocycles. The maximum absolute atomic E-state index is 11.7. The Balaban J connectivity index is 1.99. The number of nitrogens with one attached hydrogen (secondary N) is 1. The lowest BCUT2D eigenvalue weighted by Crippen LogP contribution is -2.41. The minimum Gasteiger partial charge on any atom is -0.454 e. The summed E-state index contributed by atoms with van der Waals surface area (Å²) in [7, 11) is 3.50. The van der Waals surface area contributed by atoms with Crippen LogP contribution in [0.15, 0.2) is 18.2 Å². The minimum absolute atomic E-state index is 0.0553. The van der Waals surface area contributed by atoms with Gasteiger partial charge in [-0.1, -0.05) is 12.1 Å². The molecule has 5 nitrogen and oxygen atoms in total. The van der Waals surface area contributed by atoms with Gasteiger partial charge < -0.3 is 19.7 Å². The summed E-state index contributed by atoms with van der Waals surface area (Å²) >= 11 is 0. The summed E-state index contributed by atoms with van der Waals surface area (Å²) in [6.07, 6.45) is 0. The van der Waals surface area contributed by atoms with Crippen molar-refractivity contribution in [3.8, 4) is 11.5 Å². The van der Waals surface area contributed by atoms with Crippen LogP contribution in [0.2, 0.25) is 0 Å². The molecular formula is C13H18N2O3. The van der Waals surface area contributed by atoms with Crippen LogP contribution < -0.4 is 14.8 Å². The zero-order valence-electron chi connectivity index (χ0n) is 10.9. The van der Waals surface area contributed by atoms with Crippen molar-refractivity contribution in [1.29, 1.82) is 0 Å². The molecule has 0 saturated heterocycles. The largest absolute Gasteiger partial charge is 0.454 e. The van der Waals surface area contributed by atoms with Crippen LogP contribution in [0.3, 0.4) is 0 Å². The van der Waals surface area contributed by atoms with E-state index in [9.17, 15) is 4.79 Å². The second-order valence-corrected chi connectivity index (χ2v) is 4.49. The van der Waals surface area contributed by atoms with Gasteiger partial charge in [-0.25, -0.2) is 0 Å². The lowest BCUT2D eigenvalue weighted by atomic mass is 10.1. The lowest BCUT2D eigenvalue weighted by molar-refractivity contribution is -0.130. The molecule has 1 aliphatic rings. The Morgan fingerprint density at radius 1 is 1.44 bits per heavy atom. The monoisotopic (exact) mass is 250 g/mol. The fourth-order valence-corrected chi connectivity index (χ4v) is 1.87. The van der Waals surface area contributed by atoms with Gasteiger partial charge in [0, 0.05) is 26.2 Å². The molecule has 1 atom stereocenters. The third kappa shape index (κ3) is 2.56. The Kier molecular flexibility index (Phi) is 3.72. The summed E-state index contributed by atoms with van der Waals surface area (Å²) in [4.78, 5) is 13.3. The summed E-state index contributed by atoms with van der Waals surface area (Å²) in [5, 5.41) is 3.18. The Labute approximate surface area is 107 Å². The van der Waals surface area contributed by atoms with Gasteiger partial charge in [-0.15, -0.1) is 0 Å². The second kappa shape index (κ2) is 5.27. The molecule has 5 heteroatoms. The quantitative estimate of drug-likeness (QED) is 0.865. The number of rotatable bonds is 4. The molecule has 18 heavy (non-hydrogen) atoms. The van der Waals surface area contributed by atoms with Crippen molar-refractivity contribution in [3.05, 3.63) is 23.8 Å². The first-order valence-corrected chi connectivity index (χ1v) is 5.91. The number of carbonyl (C=O) groups excluding carboxylic acids is 1. The molecule has 1 N–H and O–H groups in total. The van der Waals surface area contributed by atoms with Crippen molar-refractivity contribution in [1.82, 2.24) is 10.2 Å². The van der Waals surface area contributed by atoms with E-state index in [4.69, 9.17) is 9.47 Å². The molecule has 2 rings (SSSR count). The number of hydrogen-bond donors (Lipinski definition) is 1. The van der Waals surface area contributed by atoms with Crippen molar-refractivity contribution in [2.45, 2.75) is 19.5 Å². The summed E-state index contributed by atoms with van der Waals surface area (Å²) in [5.41, 5.74) is 1.00. The molecule has 1 amide bonds. The van der Waals surface area contributed by atoms with Crippen LogP contribution in [-0.4, -0.2) is 37.7 Å². The maximum atomic E-state index is 11.7. The fourth-order valence-electron chi connectivity index (χ4n) is 1.87. The highest BCUT2D eigenvalue weighted by molar-refractivity contribution is 5.80. The first kappa shape index (κ1) is 12.7. The first-order valence-electron chi connectivity index (χ1n) is 5.91. The molecule has 0 saturated carbocycles. The van der Waals surface area contributed by atoms with Gasteiger partial charge >= 0.3 is 0 Å². The summed E-state index contributed by atoms with van der Waals surface area (Å²) in [5.74, 6) is 1.59. The molecule has 1 aromatic rings. The average Bonchev–Trinajstić information content (AvgIpc) is 2.83. The van der Waals surface area contributed by atoms with E-state index in [-0.39, 0.29) is 18.7 Å². The number of carbonyl (C=O) groups is 1. The zero-order chi connectivity index (χ0) is 13.1. The van der Waals surface area contributed by atoms with Gasteiger partial charge in [0.15, 0.2) is 11.5 Å². The number of fused-ring (bicyclic) bond motifs is 1. The lowest BCUT2D eigenvalue weighted by Gasteiger charge is -2.18. The Hall–Kier alpha value is -1.75. The normalized spacial score (nSPS) is 14.4. The topological polar surface area (TPSA) is 50.8 Å². The summed E-state index contributed by atoms with van der Waals surface area (Å²) in [6, 6.07) is 5.54. The highest BCUT2D eigenvalue weighted by Crippen LogP contribution is 2.35. The van der Waals surface area contributed by atoms with Crippen molar-refractivity contribution < 1.29 is 14.3 Å². The van der Waals surface area contributed by atoms with Crippen molar-refractivity contribution >= 4 is 5.91 Å². The minimum atomic E-state index is -0.224. The molecule has 0 radical (unpaired) electrons. The standard InChI is InChI=1S/C13H18N2O3/c1-9(13(16)15(2)3)14-7-10-5-4-6-11-12(10)18-8-17-11/h4-6,9,14H,7-8H2,1-3H3.